The van der Waals surface area contributed by atoms with Crippen LogP contribution in [0.5, 0.6) is 5.88 Å². The highest BCUT2D eigenvalue weighted by Crippen LogP contribution is 2.18. The molecule has 0 aliphatic carbocycles. The average molecular weight is 364 g/mol. The first-order chi connectivity index (χ1) is 8.78. The van der Waals surface area contributed by atoms with Gasteiger partial charge in [0.25, 0.3) is 0 Å². The van der Waals surface area contributed by atoms with E-state index in [1.807, 2.05) is 12.1 Å². The third-order valence-corrected chi connectivity index (χ3v) is 3.78. The summed E-state index contributed by atoms with van der Waals surface area (Å²) < 4.78 is 18.9. The van der Waals surface area contributed by atoms with Crippen molar-refractivity contribution in [3.05, 3.63) is 21.9 Å². The summed E-state index contributed by atoms with van der Waals surface area (Å²) in [5, 5.41) is 0. The van der Waals surface area contributed by atoms with Crippen molar-refractivity contribution in [3.63, 3.8) is 0 Å². The minimum Gasteiger partial charge on any atom is -0.477 e. The van der Waals surface area contributed by atoms with Gasteiger partial charge in [-0.15, -0.1) is 0 Å². The molecule has 18 heavy (non-hydrogen) atoms. The van der Waals surface area contributed by atoms with Gasteiger partial charge in [0.15, 0.2) is 0 Å². The fraction of sp³-hybridized carbons (Fsp3) is 0.615. The Hall–Kier alpha value is -0.430. The van der Waals surface area contributed by atoms with Gasteiger partial charge in [-0.1, -0.05) is 0 Å². The molecule has 100 valence electrons. The van der Waals surface area contributed by atoms with Gasteiger partial charge >= 0.3 is 0 Å². The second-order valence-corrected chi connectivity index (χ2v) is 5.87. The Morgan fingerprint density at radius 3 is 3.11 bits per heavy atom. The summed E-state index contributed by atoms with van der Waals surface area (Å²) in [5.74, 6) is 1.24. The number of aromatic nitrogens is 1. The van der Waals surface area contributed by atoms with Crippen molar-refractivity contribution in [1.82, 2.24) is 9.88 Å². The number of hydrogen-bond donors (Lipinski definition) is 0. The minimum absolute atomic E-state index is 0.218. The monoisotopic (exact) mass is 364 g/mol. The van der Waals surface area contributed by atoms with Crippen LogP contribution in [0.4, 0.5) is 4.39 Å². The zero-order valence-electron chi connectivity index (χ0n) is 10.3. The molecular formula is C13H18FIN2O. The lowest BCUT2D eigenvalue weighted by atomic mass is 10.1. The van der Waals surface area contributed by atoms with Crippen LogP contribution in [0, 0.1) is 9.49 Å². The number of ether oxygens (including phenoxy) is 1. The van der Waals surface area contributed by atoms with Crippen molar-refractivity contribution >= 4 is 22.6 Å². The molecule has 1 aromatic heterocycles. The summed E-state index contributed by atoms with van der Waals surface area (Å²) in [6, 6.07) is 3.89. The number of halogens is 2. The number of likely N-dealkylation sites (tertiary alicyclic amines) is 1. The van der Waals surface area contributed by atoms with E-state index in [4.69, 9.17) is 4.74 Å². The zero-order valence-corrected chi connectivity index (χ0v) is 12.5. The molecule has 0 aromatic carbocycles. The number of pyridine rings is 1. The van der Waals surface area contributed by atoms with E-state index in [1.54, 1.807) is 6.20 Å². The van der Waals surface area contributed by atoms with Crippen LogP contribution < -0.4 is 4.74 Å². The van der Waals surface area contributed by atoms with Crippen molar-refractivity contribution in [1.29, 1.82) is 0 Å². The predicted octanol–water partition coefficient (Wildman–Crippen LogP) is 2.75. The third kappa shape index (κ3) is 4.35. The number of hydrogen-bond acceptors (Lipinski definition) is 3. The summed E-state index contributed by atoms with van der Waals surface area (Å²) in [6.45, 7) is 3.44. The van der Waals surface area contributed by atoms with Gasteiger partial charge in [-0.2, -0.15) is 0 Å². The Bertz CT molecular complexity index is 361. The van der Waals surface area contributed by atoms with Crippen LogP contribution in [0.3, 0.4) is 0 Å². The maximum absolute atomic E-state index is 12.1. The maximum Gasteiger partial charge on any atom is 0.213 e. The SMILES string of the molecule is FCCCN1CCC(COc2ccc(I)cn2)C1. The van der Waals surface area contributed by atoms with Gasteiger partial charge in [-0.05, 0) is 48.0 Å². The molecule has 0 amide bonds. The van der Waals surface area contributed by atoms with E-state index in [0.717, 1.165) is 29.6 Å². The largest absolute Gasteiger partial charge is 0.477 e. The lowest BCUT2D eigenvalue weighted by molar-refractivity contribution is 0.231. The predicted molar refractivity (Wildman–Crippen MR) is 77.6 cm³/mol. The fourth-order valence-corrected chi connectivity index (χ4v) is 2.51. The average Bonchev–Trinajstić information content (AvgIpc) is 2.84. The molecule has 2 rings (SSSR count). The standard InChI is InChI=1S/C13H18FIN2O/c14-5-1-6-17-7-4-11(9-17)10-18-13-3-2-12(15)8-16-13/h2-3,8,11H,1,4-7,9-10H2. The second kappa shape index (κ2) is 7.23. The second-order valence-electron chi connectivity index (χ2n) is 4.62. The van der Waals surface area contributed by atoms with Crippen LogP contribution in [0.1, 0.15) is 12.8 Å². The highest BCUT2D eigenvalue weighted by molar-refractivity contribution is 14.1. The lowest BCUT2D eigenvalue weighted by Crippen LogP contribution is -2.23. The molecule has 0 saturated carbocycles. The van der Waals surface area contributed by atoms with Crippen LogP contribution in [0.15, 0.2) is 18.3 Å². The molecule has 0 bridgehead atoms. The van der Waals surface area contributed by atoms with Gasteiger partial charge in [0.05, 0.1) is 13.3 Å². The molecule has 1 aliphatic rings. The first-order valence-electron chi connectivity index (χ1n) is 6.30. The number of nitrogens with zero attached hydrogens (tertiary/aromatic N) is 2. The quantitative estimate of drug-likeness (QED) is 0.726. The molecule has 0 N–H and O–H groups in total. The normalized spacial score (nSPS) is 20.2. The van der Waals surface area contributed by atoms with Crippen LogP contribution in [-0.2, 0) is 0 Å². The van der Waals surface area contributed by atoms with Crippen LogP contribution >= 0.6 is 22.6 Å². The Morgan fingerprint density at radius 1 is 1.50 bits per heavy atom. The van der Waals surface area contributed by atoms with Crippen molar-refractivity contribution in [2.75, 3.05) is 32.9 Å². The summed E-state index contributed by atoms with van der Waals surface area (Å²) in [4.78, 5) is 6.53. The van der Waals surface area contributed by atoms with E-state index in [1.165, 1.54) is 0 Å². The van der Waals surface area contributed by atoms with Crippen LogP contribution in [-0.4, -0.2) is 42.8 Å². The van der Waals surface area contributed by atoms with Crippen molar-refractivity contribution in [3.8, 4) is 5.88 Å². The van der Waals surface area contributed by atoms with Gasteiger partial charge in [-0.25, -0.2) is 4.98 Å². The Balaban J connectivity index is 1.70. The van der Waals surface area contributed by atoms with Gasteiger partial charge in [0.1, 0.15) is 0 Å². The first kappa shape index (κ1) is 14.0. The van der Waals surface area contributed by atoms with E-state index in [9.17, 15) is 4.39 Å². The molecule has 5 heteroatoms. The smallest absolute Gasteiger partial charge is 0.213 e. The number of rotatable bonds is 6. The van der Waals surface area contributed by atoms with Gasteiger partial charge in [0, 0.05) is 34.8 Å². The topological polar surface area (TPSA) is 25.4 Å². The molecule has 1 unspecified atom stereocenters. The van der Waals surface area contributed by atoms with E-state index < -0.39 is 0 Å². The van der Waals surface area contributed by atoms with Crippen molar-refractivity contribution in [2.45, 2.75) is 12.8 Å². The highest BCUT2D eigenvalue weighted by atomic mass is 127. The fourth-order valence-electron chi connectivity index (χ4n) is 2.19. The molecule has 1 atom stereocenters. The summed E-state index contributed by atoms with van der Waals surface area (Å²) in [6.07, 6.45) is 3.58. The molecule has 0 spiro atoms. The maximum atomic E-state index is 12.1. The van der Waals surface area contributed by atoms with Gasteiger partial charge in [0.2, 0.25) is 5.88 Å². The highest BCUT2D eigenvalue weighted by Gasteiger charge is 2.22. The zero-order chi connectivity index (χ0) is 12.8. The summed E-state index contributed by atoms with van der Waals surface area (Å²) >= 11 is 2.22. The number of alkyl halides is 1. The first-order valence-corrected chi connectivity index (χ1v) is 7.38. The van der Waals surface area contributed by atoms with E-state index in [0.29, 0.717) is 24.8 Å². The third-order valence-electron chi connectivity index (χ3n) is 3.15. The Labute approximate surface area is 121 Å². The molecule has 1 saturated heterocycles. The Morgan fingerprint density at radius 2 is 2.39 bits per heavy atom. The van der Waals surface area contributed by atoms with Gasteiger partial charge < -0.3 is 9.64 Å². The molecule has 3 nitrogen and oxygen atoms in total. The minimum atomic E-state index is -0.218. The molecule has 1 fully saturated rings. The molecular weight excluding hydrogens is 346 g/mol. The summed E-state index contributed by atoms with van der Waals surface area (Å²) in [5.41, 5.74) is 0. The van der Waals surface area contributed by atoms with E-state index >= 15 is 0 Å². The van der Waals surface area contributed by atoms with E-state index in [-0.39, 0.29) is 6.67 Å². The van der Waals surface area contributed by atoms with Crippen LogP contribution in [0.2, 0.25) is 0 Å². The van der Waals surface area contributed by atoms with Crippen molar-refractivity contribution < 1.29 is 9.13 Å². The summed E-state index contributed by atoms with van der Waals surface area (Å²) in [7, 11) is 0. The van der Waals surface area contributed by atoms with E-state index in [2.05, 4.69) is 32.5 Å². The Kier molecular flexibility index (Phi) is 5.62. The van der Waals surface area contributed by atoms with Gasteiger partial charge in [-0.3, -0.25) is 4.39 Å². The molecule has 2 heterocycles. The molecule has 0 radical (unpaired) electrons. The molecule has 1 aliphatic heterocycles. The van der Waals surface area contributed by atoms with Crippen molar-refractivity contribution in [2.24, 2.45) is 5.92 Å². The molecule has 1 aromatic rings. The van der Waals surface area contributed by atoms with Crippen LogP contribution in [0.25, 0.3) is 0 Å². The lowest BCUT2D eigenvalue weighted by Gasteiger charge is -2.15.